The summed E-state index contributed by atoms with van der Waals surface area (Å²) in [6, 6.07) is 11.0. The zero-order valence-electron chi connectivity index (χ0n) is 9.77. The molecule has 2 heterocycles. The molecule has 1 aromatic carbocycles. The molecule has 0 bridgehead atoms. The predicted molar refractivity (Wildman–Crippen MR) is 77.3 cm³/mol. The maximum absolute atomic E-state index is 6.17. The van der Waals surface area contributed by atoms with Crippen molar-refractivity contribution in [2.45, 2.75) is 0 Å². The van der Waals surface area contributed by atoms with Crippen molar-refractivity contribution in [2.24, 2.45) is 0 Å². The Morgan fingerprint density at radius 2 is 1.89 bits per heavy atom. The van der Waals surface area contributed by atoms with Crippen LogP contribution in [0.3, 0.4) is 0 Å². The molecule has 3 nitrogen and oxygen atoms in total. The smallest absolute Gasteiger partial charge is 0.156 e. The van der Waals surface area contributed by atoms with E-state index in [9.17, 15) is 0 Å². The Bertz CT molecular complexity index is 708. The Kier molecular flexibility index (Phi) is 3.23. The van der Waals surface area contributed by atoms with E-state index in [2.05, 4.69) is 15.0 Å². The number of pyridine rings is 1. The van der Waals surface area contributed by atoms with Crippen molar-refractivity contribution < 1.29 is 0 Å². The maximum Gasteiger partial charge on any atom is 0.156 e. The second-order valence-corrected chi connectivity index (χ2v) is 4.83. The van der Waals surface area contributed by atoms with Crippen LogP contribution in [0, 0.1) is 0 Å². The molecule has 2 aromatic heterocycles. The van der Waals surface area contributed by atoms with Crippen LogP contribution in [0.15, 0.2) is 48.8 Å². The minimum absolute atomic E-state index is 0.587. The Hall–Kier alpha value is -1.84. The van der Waals surface area contributed by atoms with Gasteiger partial charge in [-0.1, -0.05) is 29.3 Å². The molecule has 0 unspecified atom stereocenters. The van der Waals surface area contributed by atoms with Crippen LogP contribution in [0.2, 0.25) is 10.0 Å². The van der Waals surface area contributed by atoms with Crippen LogP contribution in [0.4, 0.5) is 0 Å². The first-order chi connectivity index (χ1) is 9.24. The molecular formula is C14H9Cl2N3. The van der Waals surface area contributed by atoms with Gasteiger partial charge in [-0.3, -0.25) is 4.98 Å². The minimum Gasteiger partial charge on any atom is -0.337 e. The van der Waals surface area contributed by atoms with Gasteiger partial charge in [0.2, 0.25) is 0 Å². The summed E-state index contributed by atoms with van der Waals surface area (Å²) in [5.41, 5.74) is 2.49. The van der Waals surface area contributed by atoms with Crippen LogP contribution < -0.4 is 0 Å². The van der Waals surface area contributed by atoms with Crippen molar-refractivity contribution in [1.29, 1.82) is 0 Å². The van der Waals surface area contributed by atoms with Gasteiger partial charge in [0.25, 0.3) is 0 Å². The lowest BCUT2D eigenvalue weighted by atomic mass is 10.2. The van der Waals surface area contributed by atoms with Crippen molar-refractivity contribution in [3.63, 3.8) is 0 Å². The lowest BCUT2D eigenvalue weighted by Crippen LogP contribution is -1.84. The van der Waals surface area contributed by atoms with E-state index in [-0.39, 0.29) is 0 Å². The first-order valence-corrected chi connectivity index (χ1v) is 6.41. The summed E-state index contributed by atoms with van der Waals surface area (Å²) < 4.78 is 0. The topological polar surface area (TPSA) is 41.6 Å². The molecule has 3 rings (SSSR count). The summed E-state index contributed by atoms with van der Waals surface area (Å²) in [7, 11) is 0. The molecule has 0 aliphatic heterocycles. The van der Waals surface area contributed by atoms with Gasteiger partial charge in [-0.15, -0.1) is 0 Å². The summed E-state index contributed by atoms with van der Waals surface area (Å²) >= 11 is 12.1. The molecule has 0 atom stereocenters. The van der Waals surface area contributed by atoms with Crippen molar-refractivity contribution >= 4 is 23.2 Å². The predicted octanol–water partition coefficient (Wildman–Crippen LogP) is 4.45. The number of rotatable bonds is 2. The Balaban J connectivity index is 2.02. The van der Waals surface area contributed by atoms with Crippen LogP contribution in [-0.2, 0) is 0 Å². The number of halogens is 2. The Labute approximate surface area is 120 Å². The fraction of sp³-hybridized carbons (Fsp3) is 0. The van der Waals surface area contributed by atoms with Crippen LogP contribution in [0.25, 0.3) is 22.8 Å². The number of aromatic nitrogens is 3. The van der Waals surface area contributed by atoms with Crippen LogP contribution in [-0.4, -0.2) is 15.0 Å². The van der Waals surface area contributed by atoms with E-state index in [1.165, 1.54) is 0 Å². The number of nitrogens with zero attached hydrogens (tertiary/aromatic N) is 2. The first-order valence-electron chi connectivity index (χ1n) is 5.66. The molecule has 0 aliphatic rings. The summed E-state index contributed by atoms with van der Waals surface area (Å²) in [6.45, 7) is 0. The van der Waals surface area contributed by atoms with Gasteiger partial charge in [0, 0.05) is 16.8 Å². The summed E-state index contributed by atoms with van der Waals surface area (Å²) in [4.78, 5) is 11.8. The standard InChI is InChI=1S/C14H9Cl2N3/c15-9-4-5-10(11(16)7-9)13-8-18-14(19-13)12-3-1-2-6-17-12/h1-8H,(H,18,19). The van der Waals surface area contributed by atoms with E-state index >= 15 is 0 Å². The lowest BCUT2D eigenvalue weighted by Gasteiger charge is -2.01. The van der Waals surface area contributed by atoms with E-state index < -0.39 is 0 Å². The van der Waals surface area contributed by atoms with Gasteiger partial charge in [-0.05, 0) is 30.3 Å². The molecule has 94 valence electrons. The molecule has 5 heteroatoms. The lowest BCUT2D eigenvalue weighted by molar-refractivity contribution is 1.22. The van der Waals surface area contributed by atoms with Crippen molar-refractivity contribution in [3.8, 4) is 22.8 Å². The maximum atomic E-state index is 6.17. The number of H-pyrrole nitrogens is 1. The van der Waals surface area contributed by atoms with Crippen LogP contribution in [0.5, 0.6) is 0 Å². The third-order valence-electron chi connectivity index (χ3n) is 2.70. The summed E-state index contributed by atoms with van der Waals surface area (Å²) in [5, 5.41) is 1.20. The Morgan fingerprint density at radius 1 is 1.00 bits per heavy atom. The van der Waals surface area contributed by atoms with E-state index in [0.717, 1.165) is 17.0 Å². The molecule has 0 saturated carbocycles. The van der Waals surface area contributed by atoms with Gasteiger partial charge >= 0.3 is 0 Å². The van der Waals surface area contributed by atoms with Crippen LogP contribution >= 0.6 is 23.2 Å². The fourth-order valence-corrected chi connectivity index (χ4v) is 2.31. The molecular weight excluding hydrogens is 281 g/mol. The first kappa shape index (κ1) is 12.2. The number of imidazole rings is 1. The third-order valence-corrected chi connectivity index (χ3v) is 3.25. The molecule has 0 fully saturated rings. The number of hydrogen-bond acceptors (Lipinski definition) is 2. The zero-order chi connectivity index (χ0) is 13.2. The van der Waals surface area contributed by atoms with Gasteiger partial charge in [-0.2, -0.15) is 0 Å². The van der Waals surface area contributed by atoms with Crippen molar-refractivity contribution in [2.75, 3.05) is 0 Å². The highest BCUT2D eigenvalue weighted by Crippen LogP contribution is 2.30. The Morgan fingerprint density at radius 3 is 2.63 bits per heavy atom. The number of hydrogen-bond donors (Lipinski definition) is 1. The number of nitrogens with one attached hydrogen (secondary N) is 1. The highest BCUT2D eigenvalue weighted by Gasteiger charge is 2.09. The largest absolute Gasteiger partial charge is 0.337 e. The van der Waals surface area contributed by atoms with E-state index in [1.807, 2.05) is 24.3 Å². The van der Waals surface area contributed by atoms with Gasteiger partial charge in [0.05, 0.1) is 16.9 Å². The highest BCUT2D eigenvalue weighted by molar-refractivity contribution is 6.36. The molecule has 0 aliphatic carbocycles. The van der Waals surface area contributed by atoms with Crippen molar-refractivity contribution in [3.05, 3.63) is 58.8 Å². The molecule has 0 amide bonds. The van der Waals surface area contributed by atoms with E-state index in [1.54, 1.807) is 24.5 Å². The normalized spacial score (nSPS) is 10.6. The monoisotopic (exact) mass is 289 g/mol. The second-order valence-electron chi connectivity index (χ2n) is 3.98. The summed E-state index contributed by atoms with van der Waals surface area (Å²) in [5.74, 6) is 0.710. The quantitative estimate of drug-likeness (QED) is 0.757. The van der Waals surface area contributed by atoms with E-state index in [0.29, 0.717) is 15.9 Å². The van der Waals surface area contributed by atoms with Gasteiger partial charge < -0.3 is 4.98 Å². The van der Waals surface area contributed by atoms with E-state index in [4.69, 9.17) is 23.2 Å². The average molecular weight is 290 g/mol. The van der Waals surface area contributed by atoms with Gasteiger partial charge in [0.1, 0.15) is 5.69 Å². The number of aromatic amines is 1. The van der Waals surface area contributed by atoms with Gasteiger partial charge in [-0.25, -0.2) is 4.98 Å². The molecule has 1 N–H and O–H groups in total. The van der Waals surface area contributed by atoms with Crippen molar-refractivity contribution in [1.82, 2.24) is 15.0 Å². The molecule has 0 saturated heterocycles. The highest BCUT2D eigenvalue weighted by atomic mass is 35.5. The zero-order valence-corrected chi connectivity index (χ0v) is 11.3. The molecule has 0 radical (unpaired) electrons. The number of benzene rings is 1. The molecule has 19 heavy (non-hydrogen) atoms. The molecule has 0 spiro atoms. The minimum atomic E-state index is 0.587. The van der Waals surface area contributed by atoms with Crippen LogP contribution in [0.1, 0.15) is 0 Å². The average Bonchev–Trinajstić information content (AvgIpc) is 2.89. The SMILES string of the molecule is Clc1ccc(-c2cnc(-c3ccccn3)[nH]2)c(Cl)c1. The second kappa shape index (κ2) is 5.03. The fourth-order valence-electron chi connectivity index (χ4n) is 1.80. The molecule has 3 aromatic rings. The summed E-state index contributed by atoms with van der Waals surface area (Å²) in [6.07, 6.45) is 3.46. The third kappa shape index (κ3) is 2.48. The van der Waals surface area contributed by atoms with Gasteiger partial charge in [0.15, 0.2) is 5.82 Å².